The molecule has 5 rings (SSSR count). The van der Waals surface area contributed by atoms with Gasteiger partial charge in [0.15, 0.2) is 0 Å². The van der Waals surface area contributed by atoms with Crippen LogP contribution in [0.5, 0.6) is 0 Å². The molecule has 0 spiro atoms. The molecule has 174 valence electrons. The fourth-order valence-corrected chi connectivity index (χ4v) is 6.47. The van der Waals surface area contributed by atoms with Crippen LogP contribution in [0.1, 0.15) is 63.0 Å². The highest BCUT2D eigenvalue weighted by Gasteiger charge is 2.35. The maximum Gasteiger partial charge on any atom is 0.240 e. The van der Waals surface area contributed by atoms with E-state index >= 15 is 0 Å². The normalized spacial score (nSPS) is 25.1. The topological polar surface area (TPSA) is 100 Å². The minimum Gasteiger partial charge on any atom is -0.394 e. The van der Waals surface area contributed by atoms with Gasteiger partial charge in [0.05, 0.1) is 17.5 Å². The summed E-state index contributed by atoms with van der Waals surface area (Å²) in [7, 11) is -1.61. The third-order valence-corrected chi connectivity index (χ3v) is 9.01. The molecule has 0 unspecified atom stereocenters. The van der Waals surface area contributed by atoms with Crippen LogP contribution in [0.15, 0.2) is 29.2 Å². The largest absolute Gasteiger partial charge is 0.394 e. The maximum absolute atomic E-state index is 13.1. The molecule has 1 aromatic carbocycles. The number of carbonyl (C=O) groups is 1. The number of aromatic nitrogens is 1. The quantitative estimate of drug-likeness (QED) is 0.565. The second kappa shape index (κ2) is 8.47. The number of hydrogen-bond donors (Lipinski definition) is 3. The zero-order valence-electron chi connectivity index (χ0n) is 18.6. The molecule has 7 nitrogen and oxygen atoms in total. The minimum absolute atomic E-state index is 0.00196. The van der Waals surface area contributed by atoms with E-state index in [0.717, 1.165) is 23.7 Å². The van der Waals surface area contributed by atoms with Crippen molar-refractivity contribution in [1.82, 2.24) is 14.6 Å². The lowest BCUT2D eigenvalue weighted by Gasteiger charge is -2.29. The predicted octanol–water partition coefficient (Wildman–Crippen LogP) is 2.78. The Morgan fingerprint density at radius 3 is 2.44 bits per heavy atom. The smallest absolute Gasteiger partial charge is 0.240 e. The number of fused-ring (bicyclic) bond motifs is 1. The Labute approximate surface area is 189 Å². The van der Waals surface area contributed by atoms with Crippen LogP contribution in [0.2, 0.25) is 0 Å². The van der Waals surface area contributed by atoms with E-state index in [1.54, 1.807) is 12.1 Å². The number of aliphatic hydroxyl groups excluding tert-OH is 1. The number of nitrogens with zero attached hydrogens (tertiary/aromatic N) is 1. The average molecular weight is 460 g/mol. The Morgan fingerprint density at radius 2 is 1.81 bits per heavy atom. The monoisotopic (exact) mass is 459 g/mol. The number of nitrogens with one attached hydrogen (secondary N) is 2. The lowest BCUT2D eigenvalue weighted by Crippen LogP contribution is -2.45. The predicted molar refractivity (Wildman–Crippen MR) is 123 cm³/mol. The average Bonchev–Trinajstić information content (AvgIpc) is 3.70. The van der Waals surface area contributed by atoms with Gasteiger partial charge in [-0.1, -0.05) is 6.07 Å². The summed E-state index contributed by atoms with van der Waals surface area (Å²) in [5.41, 5.74) is 2.23. The van der Waals surface area contributed by atoms with Crippen LogP contribution in [0, 0.1) is 11.8 Å². The zero-order chi connectivity index (χ0) is 22.5. The van der Waals surface area contributed by atoms with Crippen molar-refractivity contribution in [2.75, 3.05) is 6.61 Å². The van der Waals surface area contributed by atoms with Gasteiger partial charge in [-0.15, -0.1) is 0 Å². The van der Waals surface area contributed by atoms with Crippen molar-refractivity contribution in [1.29, 1.82) is 0 Å². The van der Waals surface area contributed by atoms with Crippen LogP contribution < -0.4 is 10.0 Å². The summed E-state index contributed by atoms with van der Waals surface area (Å²) in [6.07, 6.45) is 7.14. The molecule has 0 radical (unpaired) electrons. The van der Waals surface area contributed by atoms with Gasteiger partial charge in [0.1, 0.15) is 0 Å². The zero-order valence-corrected chi connectivity index (χ0v) is 19.4. The Bertz CT molecular complexity index is 1110. The van der Waals surface area contributed by atoms with E-state index in [-0.39, 0.29) is 30.5 Å². The highest BCUT2D eigenvalue weighted by atomic mass is 32.2. The number of aliphatic hydroxyl groups is 1. The summed E-state index contributed by atoms with van der Waals surface area (Å²) in [6, 6.07) is 7.24. The third kappa shape index (κ3) is 4.45. The molecular formula is C24H33N3O4S. The van der Waals surface area contributed by atoms with Gasteiger partial charge in [-0.3, -0.25) is 4.79 Å². The molecule has 0 saturated heterocycles. The van der Waals surface area contributed by atoms with Crippen molar-refractivity contribution in [3.8, 4) is 0 Å². The Hall–Kier alpha value is -1.90. The van der Waals surface area contributed by atoms with Crippen LogP contribution >= 0.6 is 0 Å². The summed E-state index contributed by atoms with van der Waals surface area (Å²) >= 11 is 0. The second-order valence-electron chi connectivity index (χ2n) is 9.93. The number of sulfonamides is 1. The number of amides is 1. The van der Waals surface area contributed by atoms with Crippen molar-refractivity contribution in [3.05, 3.63) is 30.0 Å². The molecule has 3 saturated carbocycles. The molecule has 1 heterocycles. The van der Waals surface area contributed by atoms with Gasteiger partial charge in [-0.05, 0) is 86.8 Å². The summed E-state index contributed by atoms with van der Waals surface area (Å²) in [5, 5.41) is 13.6. The number of hydrogen-bond acceptors (Lipinski definition) is 4. The van der Waals surface area contributed by atoms with E-state index < -0.39 is 10.0 Å². The first-order valence-corrected chi connectivity index (χ1v) is 13.4. The lowest BCUT2D eigenvalue weighted by molar-refractivity contribution is -0.127. The van der Waals surface area contributed by atoms with Crippen molar-refractivity contribution in [3.63, 3.8) is 0 Å². The highest BCUT2D eigenvalue weighted by molar-refractivity contribution is 7.89. The molecule has 3 aliphatic rings. The van der Waals surface area contributed by atoms with Crippen molar-refractivity contribution < 1.29 is 18.3 Å². The minimum atomic E-state index is -3.62. The second-order valence-corrected chi connectivity index (χ2v) is 11.6. The van der Waals surface area contributed by atoms with E-state index in [2.05, 4.69) is 20.7 Å². The molecule has 3 fully saturated rings. The van der Waals surface area contributed by atoms with E-state index in [0.29, 0.717) is 42.4 Å². The van der Waals surface area contributed by atoms with Gasteiger partial charge >= 0.3 is 0 Å². The van der Waals surface area contributed by atoms with Crippen LogP contribution in [0.4, 0.5) is 0 Å². The molecule has 1 aromatic heterocycles. The van der Waals surface area contributed by atoms with E-state index in [1.165, 1.54) is 18.5 Å². The molecule has 1 atom stereocenters. The molecule has 3 aliphatic carbocycles. The molecule has 8 heteroatoms. The number of carbonyl (C=O) groups excluding carboxylic acids is 1. The molecule has 3 N–H and O–H groups in total. The SMILES string of the molecule is Cn1c(C2CC2)cc2ccc(S(=O)(=O)NC3CCC(C(=O)N[C@@H](CO)C4CC4)CC3)cc21. The van der Waals surface area contributed by atoms with Crippen molar-refractivity contribution in [2.24, 2.45) is 18.9 Å². The first kappa shape index (κ1) is 21.9. The highest BCUT2D eigenvalue weighted by Crippen LogP contribution is 2.42. The fraction of sp³-hybridized carbons (Fsp3) is 0.625. The van der Waals surface area contributed by atoms with Crippen LogP contribution in [0.25, 0.3) is 10.9 Å². The van der Waals surface area contributed by atoms with Crippen LogP contribution in [0.3, 0.4) is 0 Å². The maximum atomic E-state index is 13.1. The summed E-state index contributed by atoms with van der Waals surface area (Å²) in [5.74, 6) is 0.908. The number of benzene rings is 1. The van der Waals surface area contributed by atoms with Crippen LogP contribution in [-0.4, -0.2) is 42.7 Å². The van der Waals surface area contributed by atoms with Gasteiger partial charge < -0.3 is 15.0 Å². The Morgan fingerprint density at radius 1 is 1.09 bits per heavy atom. The first-order chi connectivity index (χ1) is 15.4. The Kier molecular flexibility index (Phi) is 5.80. The molecule has 0 aliphatic heterocycles. The van der Waals surface area contributed by atoms with Gasteiger partial charge in [0, 0.05) is 30.2 Å². The summed E-state index contributed by atoms with van der Waals surface area (Å²) in [6.45, 7) is -0.0147. The number of rotatable bonds is 8. The van der Waals surface area contributed by atoms with E-state index in [1.807, 2.05) is 13.1 Å². The fourth-order valence-electron chi connectivity index (χ4n) is 5.14. The van der Waals surface area contributed by atoms with Crippen LogP contribution in [-0.2, 0) is 21.9 Å². The van der Waals surface area contributed by atoms with Gasteiger partial charge in [-0.2, -0.15) is 0 Å². The standard InChI is InChI=1S/C24H33N3O4S/c1-27-22(16-4-5-16)12-18-8-11-20(13-23(18)27)32(30,31)26-19-9-6-17(7-10-19)24(29)25-21(14-28)15-2-3-15/h8,11-13,15-17,19,21,26,28H,2-7,9-10,14H2,1H3,(H,25,29)/t17?,19?,21-/m0/s1. The van der Waals surface area contributed by atoms with E-state index in [9.17, 15) is 18.3 Å². The molecule has 1 amide bonds. The lowest BCUT2D eigenvalue weighted by atomic mass is 9.85. The van der Waals surface area contributed by atoms with Crippen molar-refractivity contribution >= 4 is 26.8 Å². The molecule has 0 bridgehead atoms. The summed E-state index contributed by atoms with van der Waals surface area (Å²) in [4.78, 5) is 12.9. The molecule has 32 heavy (non-hydrogen) atoms. The summed E-state index contributed by atoms with van der Waals surface area (Å²) < 4.78 is 31.1. The Balaban J connectivity index is 1.21. The molecule has 2 aromatic rings. The van der Waals surface area contributed by atoms with Gasteiger partial charge in [-0.25, -0.2) is 13.1 Å². The van der Waals surface area contributed by atoms with E-state index in [4.69, 9.17) is 0 Å². The third-order valence-electron chi connectivity index (χ3n) is 7.50. The van der Waals surface area contributed by atoms with Gasteiger partial charge in [0.25, 0.3) is 0 Å². The first-order valence-electron chi connectivity index (χ1n) is 11.9. The van der Waals surface area contributed by atoms with Crippen molar-refractivity contribution in [2.45, 2.75) is 74.3 Å². The molecular weight excluding hydrogens is 426 g/mol. The number of aryl methyl sites for hydroxylation is 1. The van der Waals surface area contributed by atoms with Gasteiger partial charge in [0.2, 0.25) is 15.9 Å².